The third-order valence-electron chi connectivity index (χ3n) is 7.72. The van der Waals surface area contributed by atoms with Crippen molar-refractivity contribution < 1.29 is 0 Å². The normalized spacial score (nSPS) is 11.9. The highest BCUT2D eigenvalue weighted by molar-refractivity contribution is 5.80. The van der Waals surface area contributed by atoms with E-state index >= 15 is 0 Å². The van der Waals surface area contributed by atoms with Crippen molar-refractivity contribution in [2.75, 3.05) is 0 Å². The molecule has 0 atom stereocenters. The zero-order valence-corrected chi connectivity index (χ0v) is 25.0. The van der Waals surface area contributed by atoms with Crippen molar-refractivity contribution >= 4 is 0 Å². The van der Waals surface area contributed by atoms with Crippen molar-refractivity contribution in [2.24, 2.45) is 0 Å². The molecule has 0 radical (unpaired) electrons. The van der Waals surface area contributed by atoms with Crippen LogP contribution in [0.2, 0.25) is 0 Å². The number of para-hydroxylation sites is 1. The smallest absolute Gasteiger partial charge is 0.292 e. The Kier molecular flexibility index (Phi) is 8.06. The van der Waals surface area contributed by atoms with E-state index in [1.165, 1.54) is 11.1 Å². The Morgan fingerprint density at radius 3 is 2.29 bits per heavy atom. The molecular formula is C34H40N6O. The number of H-pyrrole nitrogens is 1. The molecule has 0 saturated carbocycles. The summed E-state index contributed by atoms with van der Waals surface area (Å²) in [6.07, 6.45) is 5.06. The number of tetrazole rings is 1. The second-order valence-corrected chi connectivity index (χ2v) is 12.1. The van der Waals surface area contributed by atoms with Gasteiger partial charge in [0.05, 0.1) is 12.2 Å². The highest BCUT2D eigenvalue weighted by Gasteiger charge is 2.25. The van der Waals surface area contributed by atoms with Crippen LogP contribution in [0, 0.1) is 0 Å². The highest BCUT2D eigenvalue weighted by Crippen LogP contribution is 2.34. The fourth-order valence-corrected chi connectivity index (χ4v) is 5.50. The molecule has 0 spiro atoms. The Hall–Kier alpha value is -4.26. The number of hydrogen-bond donors (Lipinski definition) is 1. The summed E-state index contributed by atoms with van der Waals surface area (Å²) in [6, 6.07) is 23.0. The number of aromatic amines is 1. The number of hydrogen-bond acceptors (Lipinski definition) is 4. The van der Waals surface area contributed by atoms with Crippen LogP contribution in [0.3, 0.4) is 0 Å². The number of nitrogens with one attached hydrogen (secondary N) is 1. The molecule has 0 unspecified atom stereocenters. The van der Waals surface area contributed by atoms with E-state index in [0.717, 1.165) is 52.9 Å². The molecule has 2 heterocycles. The zero-order valence-electron chi connectivity index (χ0n) is 25.0. The molecule has 0 saturated heterocycles. The van der Waals surface area contributed by atoms with Crippen molar-refractivity contribution in [1.82, 2.24) is 29.8 Å². The Morgan fingerprint density at radius 2 is 1.66 bits per heavy atom. The van der Waals surface area contributed by atoms with E-state index in [2.05, 4.69) is 117 Å². The molecule has 0 aliphatic carbocycles. The maximum absolute atomic E-state index is 14.2. The van der Waals surface area contributed by atoms with Crippen LogP contribution in [0.4, 0.5) is 0 Å². The van der Waals surface area contributed by atoms with Crippen LogP contribution in [0.1, 0.15) is 82.7 Å². The first-order valence-electron chi connectivity index (χ1n) is 14.6. The van der Waals surface area contributed by atoms with Crippen LogP contribution >= 0.6 is 0 Å². The Bertz CT molecular complexity index is 1670. The van der Waals surface area contributed by atoms with E-state index in [-0.39, 0.29) is 11.1 Å². The summed E-state index contributed by atoms with van der Waals surface area (Å²) in [6.45, 7) is 13.8. The molecule has 5 rings (SSSR count). The predicted molar refractivity (Wildman–Crippen MR) is 166 cm³/mol. The number of aryl methyl sites for hydroxylation is 1. The molecule has 41 heavy (non-hydrogen) atoms. The van der Waals surface area contributed by atoms with Gasteiger partial charge in [-0.25, -0.2) is 9.89 Å². The SMILES string of the molecule is CCCCc1cn(-c2c(C(C)C)cccc2C(C)(C)C)c(=O)n1Cc1ccc(-c2ccccc2-c2nnn[nH]2)cc1. The van der Waals surface area contributed by atoms with Crippen LogP contribution in [0.25, 0.3) is 28.2 Å². The van der Waals surface area contributed by atoms with Gasteiger partial charge < -0.3 is 0 Å². The summed E-state index contributed by atoms with van der Waals surface area (Å²) in [7, 11) is 0. The van der Waals surface area contributed by atoms with Gasteiger partial charge >= 0.3 is 5.69 Å². The molecule has 0 bridgehead atoms. The average molecular weight is 549 g/mol. The topological polar surface area (TPSA) is 81.4 Å². The van der Waals surface area contributed by atoms with Gasteiger partial charge in [0, 0.05) is 17.5 Å². The van der Waals surface area contributed by atoms with Gasteiger partial charge in [0.25, 0.3) is 0 Å². The minimum Gasteiger partial charge on any atom is -0.292 e. The molecule has 3 aromatic carbocycles. The number of imidazole rings is 1. The van der Waals surface area contributed by atoms with Gasteiger partial charge in [0.2, 0.25) is 0 Å². The first-order valence-corrected chi connectivity index (χ1v) is 14.6. The first kappa shape index (κ1) is 28.3. The number of unbranched alkanes of at least 4 members (excludes halogenated alkanes) is 1. The van der Waals surface area contributed by atoms with E-state index in [0.29, 0.717) is 18.3 Å². The van der Waals surface area contributed by atoms with Gasteiger partial charge in [-0.05, 0) is 62.4 Å². The summed E-state index contributed by atoms with van der Waals surface area (Å²) in [5.74, 6) is 0.930. The van der Waals surface area contributed by atoms with Gasteiger partial charge in [-0.15, -0.1) is 5.10 Å². The Labute approximate surface area is 242 Å². The molecule has 0 amide bonds. The Morgan fingerprint density at radius 1 is 0.927 bits per heavy atom. The van der Waals surface area contributed by atoms with Gasteiger partial charge in [0.15, 0.2) is 5.82 Å². The minimum atomic E-state index is -0.0980. The summed E-state index contributed by atoms with van der Waals surface area (Å²) in [5.41, 5.74) is 8.55. The fraction of sp³-hybridized carbons (Fsp3) is 0.353. The number of aromatic nitrogens is 6. The van der Waals surface area contributed by atoms with Crippen LogP contribution < -0.4 is 5.69 Å². The molecule has 0 aliphatic rings. The monoisotopic (exact) mass is 548 g/mol. The van der Waals surface area contributed by atoms with E-state index < -0.39 is 0 Å². The molecular weight excluding hydrogens is 508 g/mol. The van der Waals surface area contributed by atoms with Crippen LogP contribution in [-0.4, -0.2) is 29.8 Å². The molecule has 1 N–H and O–H groups in total. The molecule has 0 aliphatic heterocycles. The first-order chi connectivity index (χ1) is 19.7. The van der Waals surface area contributed by atoms with Gasteiger partial charge in [-0.2, -0.15) is 0 Å². The second-order valence-electron chi connectivity index (χ2n) is 12.1. The number of nitrogens with zero attached hydrogens (tertiary/aromatic N) is 5. The lowest BCUT2D eigenvalue weighted by atomic mass is 9.83. The summed E-state index contributed by atoms with van der Waals surface area (Å²) < 4.78 is 3.87. The summed E-state index contributed by atoms with van der Waals surface area (Å²) in [5, 5.41) is 14.4. The molecule has 2 aromatic heterocycles. The predicted octanol–water partition coefficient (Wildman–Crippen LogP) is 7.30. The van der Waals surface area contributed by atoms with E-state index in [1.54, 1.807) is 0 Å². The Balaban J connectivity index is 1.55. The van der Waals surface area contributed by atoms with E-state index in [4.69, 9.17) is 0 Å². The van der Waals surface area contributed by atoms with Crippen LogP contribution in [-0.2, 0) is 18.4 Å². The maximum Gasteiger partial charge on any atom is 0.333 e. The zero-order chi connectivity index (χ0) is 29.1. The largest absolute Gasteiger partial charge is 0.333 e. The lowest BCUT2D eigenvalue weighted by molar-refractivity contribution is 0.582. The quantitative estimate of drug-likeness (QED) is 0.210. The van der Waals surface area contributed by atoms with Crippen LogP contribution in [0.5, 0.6) is 0 Å². The van der Waals surface area contributed by atoms with Crippen LogP contribution in [0.15, 0.2) is 77.7 Å². The van der Waals surface area contributed by atoms with Crippen molar-refractivity contribution in [1.29, 1.82) is 0 Å². The minimum absolute atomic E-state index is 0.0157. The molecule has 212 valence electrons. The third kappa shape index (κ3) is 5.80. The third-order valence-corrected chi connectivity index (χ3v) is 7.72. The lowest BCUT2D eigenvalue weighted by Crippen LogP contribution is -2.27. The molecule has 7 nitrogen and oxygen atoms in total. The molecule has 5 aromatic rings. The molecule has 7 heteroatoms. The number of rotatable bonds is 9. The van der Waals surface area contributed by atoms with Gasteiger partial charge in [-0.1, -0.05) is 115 Å². The standard InChI is InChI=1S/C34H40N6O/c1-7-8-12-26-22-40(31-27(23(2)3)15-11-16-30(31)34(4,5)6)33(41)39(26)21-24-17-19-25(20-18-24)28-13-9-10-14-29(28)32-35-37-38-36-32/h9-11,13-20,22-23H,7-8,12,21H2,1-6H3,(H,35,36,37,38). The maximum atomic E-state index is 14.2. The van der Waals surface area contributed by atoms with Crippen molar-refractivity contribution in [3.05, 3.63) is 106 Å². The summed E-state index contributed by atoms with van der Waals surface area (Å²) in [4.78, 5) is 14.2. The summed E-state index contributed by atoms with van der Waals surface area (Å²) >= 11 is 0. The highest BCUT2D eigenvalue weighted by atomic mass is 16.1. The average Bonchev–Trinajstić information content (AvgIpc) is 3.60. The second kappa shape index (κ2) is 11.7. The fourth-order valence-electron chi connectivity index (χ4n) is 5.50. The van der Waals surface area contributed by atoms with Gasteiger partial charge in [0.1, 0.15) is 0 Å². The van der Waals surface area contributed by atoms with Gasteiger partial charge in [-0.3, -0.25) is 9.13 Å². The molecule has 0 fully saturated rings. The van der Waals surface area contributed by atoms with Crippen molar-refractivity contribution in [3.8, 4) is 28.2 Å². The van der Waals surface area contributed by atoms with Crippen molar-refractivity contribution in [3.63, 3.8) is 0 Å². The van der Waals surface area contributed by atoms with E-state index in [9.17, 15) is 4.79 Å². The van der Waals surface area contributed by atoms with Crippen molar-refractivity contribution in [2.45, 2.75) is 78.7 Å². The lowest BCUT2D eigenvalue weighted by Gasteiger charge is -2.26. The van der Waals surface area contributed by atoms with E-state index in [1.807, 2.05) is 27.3 Å². The number of benzene rings is 3.